The fraction of sp³-hybridized carbons (Fsp3) is 0.316. The molecule has 0 spiro atoms. The van der Waals surface area contributed by atoms with Gasteiger partial charge in [-0.15, -0.1) is 24.0 Å². The van der Waals surface area contributed by atoms with Gasteiger partial charge in [0.1, 0.15) is 5.82 Å². The van der Waals surface area contributed by atoms with Crippen molar-refractivity contribution < 1.29 is 13.9 Å². The summed E-state index contributed by atoms with van der Waals surface area (Å²) in [6, 6.07) is 12.3. The minimum Gasteiger partial charge on any atom is -0.493 e. The van der Waals surface area contributed by atoms with Gasteiger partial charge in [-0.05, 0) is 23.8 Å². The molecule has 7 heteroatoms. The quantitative estimate of drug-likeness (QED) is 0.395. The molecule has 5 nitrogen and oxygen atoms in total. The van der Waals surface area contributed by atoms with Crippen LogP contribution in [-0.4, -0.2) is 39.2 Å². The first kappa shape index (κ1) is 22.0. The molecule has 26 heavy (non-hydrogen) atoms. The highest BCUT2D eigenvalue weighted by atomic mass is 127. The number of hydrogen-bond acceptors (Lipinski definition) is 3. The first-order chi connectivity index (χ1) is 12.1. The fourth-order valence-electron chi connectivity index (χ4n) is 2.64. The molecule has 0 heterocycles. The Morgan fingerprint density at radius 2 is 1.88 bits per heavy atom. The van der Waals surface area contributed by atoms with E-state index in [2.05, 4.69) is 10.3 Å². The summed E-state index contributed by atoms with van der Waals surface area (Å²) in [5.74, 6) is 1.84. The lowest BCUT2D eigenvalue weighted by atomic mass is 10.2. The van der Waals surface area contributed by atoms with Gasteiger partial charge in [0.2, 0.25) is 0 Å². The molecule has 2 aromatic rings. The number of para-hydroxylation sites is 1. The van der Waals surface area contributed by atoms with Crippen LogP contribution in [0.25, 0.3) is 0 Å². The Hall–Kier alpha value is -2.03. The monoisotopic (exact) mass is 473 g/mol. The summed E-state index contributed by atoms with van der Waals surface area (Å²) in [6.45, 7) is 1.08. The molecule has 0 bridgehead atoms. The van der Waals surface area contributed by atoms with E-state index in [-0.39, 0.29) is 29.8 Å². The first-order valence-corrected chi connectivity index (χ1v) is 7.95. The van der Waals surface area contributed by atoms with Crippen LogP contribution in [0.5, 0.6) is 11.5 Å². The van der Waals surface area contributed by atoms with Gasteiger partial charge >= 0.3 is 0 Å². The van der Waals surface area contributed by atoms with E-state index in [1.54, 1.807) is 27.3 Å². The molecule has 0 aliphatic carbocycles. The molecule has 0 amide bonds. The second-order valence-electron chi connectivity index (χ2n) is 5.54. The van der Waals surface area contributed by atoms with Crippen LogP contribution in [0.4, 0.5) is 4.39 Å². The van der Waals surface area contributed by atoms with Crippen molar-refractivity contribution in [3.63, 3.8) is 0 Å². The standard InChI is InChI=1S/C19H24FN3O2.HI/c1-21-19(23(2)13-14-7-5-9-16(20)11-14)22-12-15-8-6-10-17(24-3)18(15)25-4;/h5-11H,12-13H2,1-4H3,(H,21,22);1H. The number of rotatable bonds is 6. The Morgan fingerprint density at radius 3 is 2.50 bits per heavy atom. The van der Waals surface area contributed by atoms with Gasteiger partial charge in [-0.25, -0.2) is 4.39 Å². The molecule has 0 aliphatic heterocycles. The minimum atomic E-state index is -0.241. The van der Waals surface area contributed by atoms with Crippen LogP contribution in [0.2, 0.25) is 0 Å². The molecular weight excluding hydrogens is 448 g/mol. The molecule has 1 N–H and O–H groups in total. The van der Waals surface area contributed by atoms with Crippen molar-refractivity contribution in [2.75, 3.05) is 28.3 Å². The Bertz CT molecular complexity index is 740. The molecule has 2 aromatic carbocycles. The van der Waals surface area contributed by atoms with Crippen LogP contribution in [0.1, 0.15) is 11.1 Å². The van der Waals surface area contributed by atoms with E-state index in [0.29, 0.717) is 30.5 Å². The molecule has 0 atom stereocenters. The van der Waals surface area contributed by atoms with Gasteiger partial charge in [0.25, 0.3) is 0 Å². The van der Waals surface area contributed by atoms with E-state index in [4.69, 9.17) is 9.47 Å². The lowest BCUT2D eigenvalue weighted by Crippen LogP contribution is -2.38. The number of aliphatic imine (C=N–C) groups is 1. The largest absolute Gasteiger partial charge is 0.493 e. The smallest absolute Gasteiger partial charge is 0.193 e. The summed E-state index contributed by atoms with van der Waals surface area (Å²) >= 11 is 0. The van der Waals surface area contributed by atoms with Crippen molar-refractivity contribution in [1.29, 1.82) is 0 Å². The second kappa shape index (κ2) is 10.8. The van der Waals surface area contributed by atoms with Gasteiger partial charge in [-0.3, -0.25) is 4.99 Å². The molecular formula is C19H25FIN3O2. The third-order valence-corrected chi connectivity index (χ3v) is 3.80. The number of nitrogens with zero attached hydrogens (tertiary/aromatic N) is 2. The van der Waals surface area contributed by atoms with Crippen LogP contribution in [0.15, 0.2) is 47.5 Å². The van der Waals surface area contributed by atoms with Crippen LogP contribution in [0.3, 0.4) is 0 Å². The van der Waals surface area contributed by atoms with Crippen molar-refractivity contribution in [2.24, 2.45) is 4.99 Å². The normalized spacial score (nSPS) is 10.7. The van der Waals surface area contributed by atoms with Crippen molar-refractivity contribution in [1.82, 2.24) is 10.2 Å². The SMILES string of the molecule is CN=C(NCc1cccc(OC)c1OC)N(C)Cc1cccc(F)c1.I. The van der Waals surface area contributed by atoms with Crippen LogP contribution < -0.4 is 14.8 Å². The number of nitrogens with one attached hydrogen (secondary N) is 1. The molecule has 0 radical (unpaired) electrons. The van der Waals surface area contributed by atoms with E-state index in [1.165, 1.54) is 12.1 Å². The number of halogens is 2. The lowest BCUT2D eigenvalue weighted by molar-refractivity contribution is 0.351. The van der Waals surface area contributed by atoms with Gasteiger partial charge in [-0.1, -0.05) is 24.3 Å². The van der Waals surface area contributed by atoms with E-state index in [0.717, 1.165) is 11.1 Å². The van der Waals surface area contributed by atoms with Crippen LogP contribution in [0, 0.1) is 5.82 Å². The Balaban J connectivity index is 0.00000338. The number of benzene rings is 2. The van der Waals surface area contributed by atoms with Crippen molar-refractivity contribution in [3.05, 3.63) is 59.4 Å². The second-order valence-corrected chi connectivity index (χ2v) is 5.54. The molecule has 0 fully saturated rings. The van der Waals surface area contributed by atoms with E-state index < -0.39 is 0 Å². The summed E-state index contributed by atoms with van der Waals surface area (Å²) in [7, 11) is 6.85. The van der Waals surface area contributed by atoms with Crippen molar-refractivity contribution in [3.8, 4) is 11.5 Å². The lowest BCUT2D eigenvalue weighted by Gasteiger charge is -2.23. The maximum absolute atomic E-state index is 13.3. The predicted molar refractivity (Wildman–Crippen MR) is 113 cm³/mol. The predicted octanol–water partition coefficient (Wildman–Crippen LogP) is 3.67. The van der Waals surface area contributed by atoms with Gasteiger partial charge in [0, 0.05) is 32.7 Å². The average molecular weight is 473 g/mol. The average Bonchev–Trinajstić information content (AvgIpc) is 2.61. The maximum Gasteiger partial charge on any atom is 0.193 e. The number of methoxy groups -OCH3 is 2. The summed E-state index contributed by atoms with van der Waals surface area (Å²) in [6.07, 6.45) is 0. The molecule has 142 valence electrons. The highest BCUT2D eigenvalue weighted by Crippen LogP contribution is 2.30. The van der Waals surface area contributed by atoms with Crippen molar-refractivity contribution >= 4 is 29.9 Å². The Labute approximate surface area is 171 Å². The molecule has 0 saturated heterocycles. The maximum atomic E-state index is 13.3. The Kier molecular flexibility index (Phi) is 9.18. The summed E-state index contributed by atoms with van der Waals surface area (Å²) in [5, 5.41) is 3.29. The first-order valence-electron chi connectivity index (χ1n) is 7.95. The molecule has 2 rings (SSSR count). The third-order valence-electron chi connectivity index (χ3n) is 3.80. The van der Waals surface area contributed by atoms with Crippen LogP contribution >= 0.6 is 24.0 Å². The van der Waals surface area contributed by atoms with E-state index in [9.17, 15) is 4.39 Å². The van der Waals surface area contributed by atoms with E-state index >= 15 is 0 Å². The molecule has 0 aromatic heterocycles. The van der Waals surface area contributed by atoms with E-state index in [1.807, 2.05) is 36.2 Å². The molecule has 0 saturated carbocycles. The summed E-state index contributed by atoms with van der Waals surface area (Å²) in [4.78, 5) is 6.22. The topological polar surface area (TPSA) is 46.1 Å². The number of ether oxygens (including phenoxy) is 2. The zero-order valence-electron chi connectivity index (χ0n) is 15.5. The zero-order valence-corrected chi connectivity index (χ0v) is 17.8. The highest BCUT2D eigenvalue weighted by Gasteiger charge is 2.12. The third kappa shape index (κ3) is 5.76. The number of guanidine groups is 1. The molecule has 0 aliphatic rings. The van der Waals surface area contributed by atoms with Gasteiger partial charge in [0.15, 0.2) is 17.5 Å². The fourth-order valence-corrected chi connectivity index (χ4v) is 2.64. The van der Waals surface area contributed by atoms with Crippen LogP contribution in [-0.2, 0) is 13.1 Å². The molecule has 0 unspecified atom stereocenters. The summed E-state index contributed by atoms with van der Waals surface area (Å²) < 4.78 is 24.1. The Morgan fingerprint density at radius 1 is 1.15 bits per heavy atom. The highest BCUT2D eigenvalue weighted by molar-refractivity contribution is 14.0. The van der Waals surface area contributed by atoms with Crippen molar-refractivity contribution in [2.45, 2.75) is 13.1 Å². The number of hydrogen-bond donors (Lipinski definition) is 1. The summed E-state index contributed by atoms with van der Waals surface area (Å²) in [5.41, 5.74) is 1.84. The van der Waals surface area contributed by atoms with Gasteiger partial charge in [0.05, 0.1) is 14.2 Å². The zero-order chi connectivity index (χ0) is 18.2. The van der Waals surface area contributed by atoms with Gasteiger partial charge < -0.3 is 19.7 Å². The minimum absolute atomic E-state index is 0. The van der Waals surface area contributed by atoms with Gasteiger partial charge in [-0.2, -0.15) is 0 Å².